The van der Waals surface area contributed by atoms with Crippen LogP contribution in [0.4, 0.5) is 0 Å². The molecule has 3 rings (SSSR count). The number of hydrogen-bond donors (Lipinski definition) is 1. The van der Waals surface area contributed by atoms with Crippen LogP contribution in [0.2, 0.25) is 5.02 Å². The SMILES string of the molecule is OC(CN1CCC(CC2CCCCC2)CC1)c1ccc(Cl)cc1. The van der Waals surface area contributed by atoms with E-state index < -0.39 is 6.10 Å². The molecule has 2 aliphatic rings. The maximum absolute atomic E-state index is 10.4. The lowest BCUT2D eigenvalue weighted by molar-refractivity contribution is 0.0835. The number of aliphatic hydroxyl groups is 1. The molecule has 1 N–H and O–H groups in total. The fourth-order valence-electron chi connectivity index (χ4n) is 4.33. The Bertz CT molecular complexity index is 461. The van der Waals surface area contributed by atoms with Gasteiger partial charge in [-0.2, -0.15) is 0 Å². The summed E-state index contributed by atoms with van der Waals surface area (Å²) in [5.74, 6) is 1.92. The molecular weight excluding hydrogens is 306 g/mol. The van der Waals surface area contributed by atoms with Crippen LogP contribution in [-0.4, -0.2) is 29.6 Å². The monoisotopic (exact) mass is 335 g/mol. The molecule has 1 unspecified atom stereocenters. The molecule has 2 fully saturated rings. The Hall–Kier alpha value is -0.570. The lowest BCUT2D eigenvalue weighted by atomic mass is 9.80. The number of likely N-dealkylation sites (tertiary alicyclic amines) is 1. The van der Waals surface area contributed by atoms with Crippen LogP contribution >= 0.6 is 11.6 Å². The number of rotatable bonds is 5. The van der Waals surface area contributed by atoms with Crippen molar-refractivity contribution in [3.8, 4) is 0 Å². The molecule has 1 saturated heterocycles. The van der Waals surface area contributed by atoms with E-state index in [9.17, 15) is 5.11 Å². The van der Waals surface area contributed by atoms with E-state index in [1.165, 1.54) is 51.4 Å². The first-order chi connectivity index (χ1) is 11.2. The van der Waals surface area contributed by atoms with E-state index in [4.69, 9.17) is 11.6 Å². The fraction of sp³-hybridized carbons (Fsp3) is 0.700. The third-order valence-electron chi connectivity index (χ3n) is 5.78. The van der Waals surface area contributed by atoms with E-state index in [-0.39, 0.29) is 0 Å². The summed E-state index contributed by atoms with van der Waals surface area (Å²) in [7, 11) is 0. The van der Waals surface area contributed by atoms with Crippen molar-refractivity contribution in [3.63, 3.8) is 0 Å². The van der Waals surface area contributed by atoms with Crippen LogP contribution in [0.1, 0.15) is 63.0 Å². The first-order valence-electron chi connectivity index (χ1n) is 9.36. The Morgan fingerprint density at radius 1 is 0.957 bits per heavy atom. The lowest BCUT2D eigenvalue weighted by Gasteiger charge is -2.35. The van der Waals surface area contributed by atoms with Crippen molar-refractivity contribution in [2.24, 2.45) is 11.8 Å². The third-order valence-corrected chi connectivity index (χ3v) is 6.04. The highest BCUT2D eigenvalue weighted by Gasteiger charge is 2.24. The van der Waals surface area contributed by atoms with Crippen molar-refractivity contribution in [2.45, 2.75) is 57.5 Å². The average Bonchev–Trinajstić information content (AvgIpc) is 2.58. The van der Waals surface area contributed by atoms with Gasteiger partial charge in [0, 0.05) is 11.6 Å². The van der Waals surface area contributed by atoms with E-state index in [0.717, 1.165) is 42.1 Å². The zero-order valence-electron chi connectivity index (χ0n) is 14.1. The highest BCUT2D eigenvalue weighted by Crippen LogP contribution is 2.33. The molecule has 128 valence electrons. The normalized spacial score (nSPS) is 23.0. The molecule has 0 aromatic heterocycles. The molecule has 1 aromatic rings. The zero-order chi connectivity index (χ0) is 16.1. The van der Waals surface area contributed by atoms with Gasteiger partial charge in [-0.1, -0.05) is 55.8 Å². The van der Waals surface area contributed by atoms with Crippen LogP contribution < -0.4 is 0 Å². The van der Waals surface area contributed by atoms with Gasteiger partial charge in [0.25, 0.3) is 0 Å². The fourth-order valence-corrected chi connectivity index (χ4v) is 4.46. The van der Waals surface area contributed by atoms with Crippen molar-refractivity contribution >= 4 is 11.6 Å². The topological polar surface area (TPSA) is 23.5 Å². The van der Waals surface area contributed by atoms with Gasteiger partial charge in [-0.05, 0) is 61.9 Å². The molecule has 0 bridgehead atoms. The molecule has 3 heteroatoms. The van der Waals surface area contributed by atoms with Gasteiger partial charge in [-0.3, -0.25) is 0 Å². The number of nitrogens with zero attached hydrogens (tertiary/aromatic N) is 1. The molecule has 0 radical (unpaired) electrons. The molecule has 1 aliphatic carbocycles. The van der Waals surface area contributed by atoms with E-state index >= 15 is 0 Å². The summed E-state index contributed by atoms with van der Waals surface area (Å²) in [6.45, 7) is 3.03. The van der Waals surface area contributed by atoms with Gasteiger partial charge in [0.05, 0.1) is 6.10 Å². The van der Waals surface area contributed by atoms with Crippen molar-refractivity contribution in [3.05, 3.63) is 34.9 Å². The Labute approximate surface area is 145 Å². The van der Waals surface area contributed by atoms with E-state index in [0.29, 0.717) is 0 Å². The Morgan fingerprint density at radius 3 is 2.22 bits per heavy atom. The predicted molar refractivity (Wildman–Crippen MR) is 96.8 cm³/mol. The number of aliphatic hydroxyl groups excluding tert-OH is 1. The Kier molecular flexibility index (Phi) is 6.38. The minimum absolute atomic E-state index is 0.401. The molecule has 1 saturated carbocycles. The minimum atomic E-state index is -0.401. The second kappa shape index (κ2) is 8.50. The summed E-state index contributed by atoms with van der Waals surface area (Å²) in [6, 6.07) is 7.58. The highest BCUT2D eigenvalue weighted by atomic mass is 35.5. The van der Waals surface area contributed by atoms with Gasteiger partial charge < -0.3 is 10.0 Å². The summed E-state index contributed by atoms with van der Waals surface area (Å²) in [5, 5.41) is 11.1. The lowest BCUT2D eigenvalue weighted by Crippen LogP contribution is -2.37. The minimum Gasteiger partial charge on any atom is -0.387 e. The van der Waals surface area contributed by atoms with Crippen LogP contribution in [0, 0.1) is 11.8 Å². The second-order valence-corrected chi connectivity index (χ2v) is 7.99. The predicted octanol–water partition coefficient (Wildman–Crippen LogP) is 5.06. The van der Waals surface area contributed by atoms with Crippen LogP contribution in [0.3, 0.4) is 0 Å². The molecule has 1 atom stereocenters. The molecule has 1 heterocycles. The van der Waals surface area contributed by atoms with Crippen LogP contribution in [0.15, 0.2) is 24.3 Å². The number of benzene rings is 1. The summed E-state index contributed by atoms with van der Waals surface area (Å²) in [6.07, 6.45) is 11.0. The number of β-amino-alcohol motifs (C(OH)–C–C–N with tert-alkyl or cyclic N) is 1. The van der Waals surface area contributed by atoms with Crippen molar-refractivity contribution in [1.29, 1.82) is 0 Å². The molecule has 1 aliphatic heterocycles. The van der Waals surface area contributed by atoms with Crippen LogP contribution in [0.5, 0.6) is 0 Å². The van der Waals surface area contributed by atoms with Gasteiger partial charge in [0.15, 0.2) is 0 Å². The van der Waals surface area contributed by atoms with E-state index in [2.05, 4.69) is 4.90 Å². The largest absolute Gasteiger partial charge is 0.387 e. The van der Waals surface area contributed by atoms with Crippen LogP contribution in [0.25, 0.3) is 0 Å². The zero-order valence-corrected chi connectivity index (χ0v) is 14.8. The van der Waals surface area contributed by atoms with Gasteiger partial charge in [-0.15, -0.1) is 0 Å². The molecule has 23 heavy (non-hydrogen) atoms. The van der Waals surface area contributed by atoms with Crippen molar-refractivity contribution < 1.29 is 5.11 Å². The third kappa shape index (κ3) is 5.20. The quantitative estimate of drug-likeness (QED) is 0.813. The summed E-state index contributed by atoms with van der Waals surface area (Å²) >= 11 is 5.91. The second-order valence-electron chi connectivity index (χ2n) is 7.55. The molecule has 2 nitrogen and oxygen atoms in total. The smallest absolute Gasteiger partial charge is 0.0916 e. The van der Waals surface area contributed by atoms with Crippen molar-refractivity contribution in [2.75, 3.05) is 19.6 Å². The van der Waals surface area contributed by atoms with E-state index in [1.54, 1.807) is 0 Å². The van der Waals surface area contributed by atoms with Gasteiger partial charge in [0.1, 0.15) is 0 Å². The number of halogens is 1. The maximum atomic E-state index is 10.4. The first kappa shape index (κ1) is 17.3. The standard InChI is InChI=1S/C20H30ClNO/c21-19-8-6-18(7-9-19)20(23)15-22-12-10-17(11-13-22)14-16-4-2-1-3-5-16/h6-9,16-17,20,23H,1-5,10-15H2. The first-order valence-corrected chi connectivity index (χ1v) is 9.74. The van der Waals surface area contributed by atoms with E-state index in [1.807, 2.05) is 24.3 Å². The van der Waals surface area contributed by atoms with Crippen LogP contribution in [-0.2, 0) is 0 Å². The summed E-state index contributed by atoms with van der Waals surface area (Å²) in [5.41, 5.74) is 0.971. The van der Waals surface area contributed by atoms with Gasteiger partial charge in [-0.25, -0.2) is 0 Å². The molecule has 0 amide bonds. The summed E-state index contributed by atoms with van der Waals surface area (Å²) in [4.78, 5) is 2.43. The number of hydrogen-bond acceptors (Lipinski definition) is 2. The average molecular weight is 336 g/mol. The van der Waals surface area contributed by atoms with Crippen molar-refractivity contribution in [1.82, 2.24) is 4.90 Å². The van der Waals surface area contributed by atoms with Gasteiger partial charge in [0.2, 0.25) is 0 Å². The number of piperidine rings is 1. The van der Waals surface area contributed by atoms with Gasteiger partial charge >= 0.3 is 0 Å². The summed E-state index contributed by atoms with van der Waals surface area (Å²) < 4.78 is 0. The highest BCUT2D eigenvalue weighted by molar-refractivity contribution is 6.30. The molecule has 0 spiro atoms. The Morgan fingerprint density at radius 2 is 1.57 bits per heavy atom. The maximum Gasteiger partial charge on any atom is 0.0916 e. The molecule has 1 aromatic carbocycles. The Balaban J connectivity index is 1.40. The molecular formula is C20H30ClNO.